The monoisotopic (exact) mass is 300 g/mol. The Morgan fingerprint density at radius 1 is 1.35 bits per heavy atom. The molecule has 1 rings (SSSR count). The van der Waals surface area contributed by atoms with Crippen LogP contribution in [0.4, 0.5) is 0 Å². The van der Waals surface area contributed by atoms with E-state index in [-0.39, 0.29) is 23.1 Å². The molecule has 0 aliphatic carbocycles. The number of sulfonamides is 1. The van der Waals surface area contributed by atoms with E-state index < -0.39 is 10.0 Å². The van der Waals surface area contributed by atoms with Crippen molar-refractivity contribution in [2.45, 2.75) is 18.7 Å². The predicted octanol–water partition coefficient (Wildman–Crippen LogP) is 0.785. The van der Waals surface area contributed by atoms with Crippen LogP contribution in [0.5, 0.6) is 5.75 Å². The topological polar surface area (TPSA) is 86.7 Å². The van der Waals surface area contributed by atoms with Gasteiger partial charge in [0, 0.05) is 13.6 Å². The minimum atomic E-state index is -3.88. The lowest BCUT2D eigenvalue weighted by molar-refractivity contribution is -0.121. The first-order valence-corrected chi connectivity index (χ1v) is 7.70. The molecule has 0 aliphatic heterocycles. The van der Waals surface area contributed by atoms with Crippen LogP contribution in [0.15, 0.2) is 29.2 Å². The Morgan fingerprint density at radius 3 is 2.50 bits per heavy atom. The standard InChI is InChI=1S/C13H20N2O4S/c1-10(2)8-14-13(17)9-15(3)20(18,19)12-7-5-4-6-11(12)16/h4-7,10,16H,8-9H2,1-3H3,(H,14,17). The van der Waals surface area contributed by atoms with Gasteiger partial charge in [0.1, 0.15) is 10.6 Å². The van der Waals surface area contributed by atoms with Crippen LogP contribution in [0.25, 0.3) is 0 Å². The maximum atomic E-state index is 12.2. The highest BCUT2D eigenvalue weighted by Crippen LogP contribution is 2.24. The fourth-order valence-corrected chi connectivity index (χ4v) is 2.71. The average Bonchev–Trinajstić information content (AvgIpc) is 2.36. The van der Waals surface area contributed by atoms with Gasteiger partial charge in [0.05, 0.1) is 6.54 Å². The summed E-state index contributed by atoms with van der Waals surface area (Å²) in [4.78, 5) is 11.4. The van der Waals surface area contributed by atoms with Gasteiger partial charge in [0.2, 0.25) is 15.9 Å². The van der Waals surface area contributed by atoms with E-state index in [2.05, 4.69) is 5.32 Å². The molecule has 7 heteroatoms. The number of para-hydroxylation sites is 1. The molecule has 0 fully saturated rings. The molecule has 1 amide bonds. The van der Waals surface area contributed by atoms with E-state index in [1.807, 2.05) is 13.8 Å². The molecule has 0 bridgehead atoms. The zero-order valence-electron chi connectivity index (χ0n) is 11.8. The third kappa shape index (κ3) is 4.21. The van der Waals surface area contributed by atoms with E-state index in [4.69, 9.17) is 0 Å². The van der Waals surface area contributed by atoms with E-state index >= 15 is 0 Å². The second kappa shape index (κ2) is 6.71. The van der Waals surface area contributed by atoms with E-state index in [9.17, 15) is 18.3 Å². The highest BCUT2D eigenvalue weighted by atomic mass is 32.2. The van der Waals surface area contributed by atoms with Gasteiger partial charge >= 0.3 is 0 Å². The summed E-state index contributed by atoms with van der Waals surface area (Å²) in [6, 6.07) is 5.63. The third-order valence-electron chi connectivity index (χ3n) is 2.63. The normalized spacial score (nSPS) is 11.8. The van der Waals surface area contributed by atoms with E-state index in [0.717, 1.165) is 4.31 Å². The van der Waals surface area contributed by atoms with E-state index in [1.54, 1.807) is 0 Å². The van der Waals surface area contributed by atoms with Crippen molar-refractivity contribution in [2.75, 3.05) is 20.1 Å². The van der Waals surface area contributed by atoms with Gasteiger partial charge in [-0.05, 0) is 18.1 Å². The average molecular weight is 300 g/mol. The molecular formula is C13H20N2O4S. The van der Waals surface area contributed by atoms with Gasteiger partial charge in [0.25, 0.3) is 0 Å². The molecular weight excluding hydrogens is 280 g/mol. The Bertz CT molecular complexity index is 569. The maximum Gasteiger partial charge on any atom is 0.246 e. The molecule has 0 saturated heterocycles. The van der Waals surface area contributed by atoms with Crippen molar-refractivity contribution in [3.05, 3.63) is 24.3 Å². The first-order chi connectivity index (χ1) is 9.25. The number of phenolic OH excluding ortho intramolecular Hbond substituents is 1. The smallest absolute Gasteiger partial charge is 0.246 e. The number of carbonyl (C=O) groups is 1. The number of hydrogen-bond acceptors (Lipinski definition) is 4. The Labute approximate surface area is 119 Å². The Morgan fingerprint density at radius 2 is 1.95 bits per heavy atom. The van der Waals surface area contributed by atoms with Crippen molar-refractivity contribution in [2.24, 2.45) is 5.92 Å². The number of nitrogens with zero attached hydrogens (tertiary/aromatic N) is 1. The zero-order chi connectivity index (χ0) is 15.3. The molecule has 0 aromatic heterocycles. The molecule has 0 atom stereocenters. The summed E-state index contributed by atoms with van der Waals surface area (Å²) in [5.41, 5.74) is 0. The van der Waals surface area contributed by atoms with Crippen molar-refractivity contribution in [1.29, 1.82) is 0 Å². The number of hydrogen-bond donors (Lipinski definition) is 2. The number of phenols is 1. The van der Waals surface area contributed by atoms with Crippen molar-refractivity contribution in [3.8, 4) is 5.75 Å². The lowest BCUT2D eigenvalue weighted by Crippen LogP contribution is -2.39. The fraction of sp³-hybridized carbons (Fsp3) is 0.462. The lowest BCUT2D eigenvalue weighted by Gasteiger charge is -2.17. The number of carbonyl (C=O) groups excluding carboxylic acids is 1. The first kappa shape index (κ1) is 16.5. The summed E-state index contributed by atoms with van der Waals surface area (Å²) in [5, 5.41) is 12.2. The molecule has 112 valence electrons. The van der Waals surface area contributed by atoms with Gasteiger partial charge < -0.3 is 10.4 Å². The summed E-state index contributed by atoms with van der Waals surface area (Å²) in [6.07, 6.45) is 0. The quantitative estimate of drug-likeness (QED) is 0.813. The van der Waals surface area contributed by atoms with Crippen LogP contribution in [0.3, 0.4) is 0 Å². The molecule has 1 aromatic carbocycles. The summed E-state index contributed by atoms with van der Waals surface area (Å²) < 4.78 is 25.3. The van der Waals surface area contributed by atoms with Gasteiger partial charge in [-0.2, -0.15) is 4.31 Å². The second-order valence-corrected chi connectivity index (χ2v) is 6.94. The molecule has 0 spiro atoms. The molecule has 0 unspecified atom stereocenters. The number of likely N-dealkylation sites (N-methyl/N-ethyl adjacent to an activating group) is 1. The SMILES string of the molecule is CC(C)CNC(=O)CN(C)S(=O)(=O)c1ccccc1O. The largest absolute Gasteiger partial charge is 0.507 e. The van der Waals surface area contributed by atoms with Crippen molar-refractivity contribution in [3.63, 3.8) is 0 Å². The molecule has 6 nitrogen and oxygen atoms in total. The van der Waals surface area contributed by atoms with Crippen molar-refractivity contribution >= 4 is 15.9 Å². The van der Waals surface area contributed by atoms with Crippen LogP contribution < -0.4 is 5.32 Å². The Hall–Kier alpha value is -1.60. The van der Waals surface area contributed by atoms with Crippen LogP contribution in [0, 0.1) is 5.92 Å². The molecule has 0 radical (unpaired) electrons. The molecule has 0 aliphatic rings. The zero-order valence-corrected chi connectivity index (χ0v) is 12.6. The van der Waals surface area contributed by atoms with Crippen LogP contribution in [-0.2, 0) is 14.8 Å². The Kier molecular flexibility index (Phi) is 5.52. The number of benzene rings is 1. The molecule has 0 heterocycles. The Balaban J connectivity index is 2.78. The van der Waals surface area contributed by atoms with Gasteiger partial charge in [-0.25, -0.2) is 8.42 Å². The maximum absolute atomic E-state index is 12.2. The minimum Gasteiger partial charge on any atom is -0.507 e. The van der Waals surface area contributed by atoms with Gasteiger partial charge in [-0.1, -0.05) is 26.0 Å². The number of nitrogens with one attached hydrogen (secondary N) is 1. The number of amides is 1. The molecule has 1 aromatic rings. The van der Waals surface area contributed by atoms with Crippen LogP contribution >= 0.6 is 0 Å². The molecule has 20 heavy (non-hydrogen) atoms. The highest BCUT2D eigenvalue weighted by molar-refractivity contribution is 7.89. The van der Waals surface area contributed by atoms with Crippen molar-refractivity contribution < 1.29 is 18.3 Å². The van der Waals surface area contributed by atoms with Gasteiger partial charge in [-0.3, -0.25) is 4.79 Å². The summed E-state index contributed by atoms with van der Waals surface area (Å²) in [5.74, 6) is -0.416. The second-order valence-electron chi connectivity index (χ2n) is 4.93. The fourth-order valence-electron chi connectivity index (χ4n) is 1.50. The molecule has 0 saturated carbocycles. The predicted molar refractivity (Wildman–Crippen MR) is 75.8 cm³/mol. The molecule has 2 N–H and O–H groups in total. The van der Waals surface area contributed by atoms with E-state index in [0.29, 0.717) is 12.5 Å². The first-order valence-electron chi connectivity index (χ1n) is 6.26. The van der Waals surface area contributed by atoms with Crippen LogP contribution in [0.2, 0.25) is 0 Å². The van der Waals surface area contributed by atoms with Crippen molar-refractivity contribution in [1.82, 2.24) is 9.62 Å². The minimum absolute atomic E-state index is 0.209. The van der Waals surface area contributed by atoms with E-state index in [1.165, 1.54) is 31.3 Å². The lowest BCUT2D eigenvalue weighted by atomic mass is 10.2. The summed E-state index contributed by atoms with van der Waals surface area (Å²) >= 11 is 0. The highest BCUT2D eigenvalue weighted by Gasteiger charge is 2.25. The number of aromatic hydroxyl groups is 1. The van der Waals surface area contributed by atoms with Gasteiger partial charge in [0.15, 0.2) is 0 Å². The summed E-state index contributed by atoms with van der Waals surface area (Å²) in [6.45, 7) is 4.10. The third-order valence-corrected chi connectivity index (χ3v) is 4.48. The van der Waals surface area contributed by atoms with Crippen LogP contribution in [0.1, 0.15) is 13.8 Å². The van der Waals surface area contributed by atoms with Gasteiger partial charge in [-0.15, -0.1) is 0 Å². The number of rotatable bonds is 6. The van der Waals surface area contributed by atoms with Crippen LogP contribution in [-0.4, -0.2) is 43.9 Å². The summed E-state index contributed by atoms with van der Waals surface area (Å²) in [7, 11) is -2.58.